The van der Waals surface area contributed by atoms with E-state index in [1.165, 1.54) is 19.3 Å². The number of hydrogen-bond acceptors (Lipinski definition) is 4. The van der Waals surface area contributed by atoms with Crippen molar-refractivity contribution < 1.29 is 0 Å². The number of thioether (sulfide) groups is 1. The molecule has 0 aromatic carbocycles. The van der Waals surface area contributed by atoms with Crippen LogP contribution >= 0.6 is 11.8 Å². The van der Waals surface area contributed by atoms with Gasteiger partial charge >= 0.3 is 0 Å². The molecule has 1 aliphatic carbocycles. The molecule has 3 N–H and O–H groups in total. The Labute approximate surface area is 150 Å². The van der Waals surface area contributed by atoms with Crippen LogP contribution in [-0.4, -0.2) is 48.1 Å². The summed E-state index contributed by atoms with van der Waals surface area (Å²) in [6, 6.07) is 6.50. The van der Waals surface area contributed by atoms with Crippen molar-refractivity contribution in [3.63, 3.8) is 0 Å². The minimum absolute atomic E-state index is 0.575. The number of hydrogen-bond donors (Lipinski definition) is 3. The lowest BCUT2D eigenvalue weighted by Gasteiger charge is -2.17. The summed E-state index contributed by atoms with van der Waals surface area (Å²) in [5.41, 5.74) is 0. The number of pyridine rings is 1. The summed E-state index contributed by atoms with van der Waals surface area (Å²) in [6.07, 6.45) is 10.0. The lowest BCUT2D eigenvalue weighted by Crippen LogP contribution is -2.42. The van der Waals surface area contributed by atoms with Gasteiger partial charge in [-0.3, -0.25) is 4.99 Å². The van der Waals surface area contributed by atoms with Gasteiger partial charge in [-0.2, -0.15) is 11.8 Å². The summed E-state index contributed by atoms with van der Waals surface area (Å²) in [5.74, 6) is 1.92. The summed E-state index contributed by atoms with van der Waals surface area (Å²) in [7, 11) is 0. The Bertz CT molecular complexity index is 480. The van der Waals surface area contributed by atoms with Crippen LogP contribution in [0.1, 0.15) is 39.0 Å². The van der Waals surface area contributed by atoms with E-state index in [1.54, 1.807) is 0 Å². The van der Waals surface area contributed by atoms with Crippen LogP contribution in [0, 0.1) is 0 Å². The van der Waals surface area contributed by atoms with Crippen LogP contribution < -0.4 is 16.0 Å². The molecule has 1 saturated carbocycles. The summed E-state index contributed by atoms with van der Waals surface area (Å²) < 4.78 is 0. The first-order valence-electron chi connectivity index (χ1n) is 9.04. The fraction of sp³-hybridized carbons (Fsp3) is 0.667. The Morgan fingerprint density at radius 3 is 2.96 bits per heavy atom. The van der Waals surface area contributed by atoms with Crippen molar-refractivity contribution in [1.29, 1.82) is 0 Å². The molecule has 1 heterocycles. The molecule has 5 nitrogen and oxygen atoms in total. The Morgan fingerprint density at radius 1 is 1.33 bits per heavy atom. The SMILES string of the molecule is CCNC(=NCCCCNc1ccccn1)NC1CCC(SC)C1. The van der Waals surface area contributed by atoms with Crippen molar-refractivity contribution in [2.24, 2.45) is 4.99 Å². The van der Waals surface area contributed by atoms with E-state index >= 15 is 0 Å². The molecule has 24 heavy (non-hydrogen) atoms. The fourth-order valence-corrected chi connectivity index (χ4v) is 3.71. The molecule has 2 atom stereocenters. The normalized spacial score (nSPS) is 20.8. The number of unbranched alkanes of at least 4 members (excludes halogenated alkanes) is 1. The molecule has 0 spiro atoms. The predicted octanol–water partition coefficient (Wildman–Crippen LogP) is 3.11. The van der Waals surface area contributed by atoms with Gasteiger partial charge in [-0.05, 0) is 57.4 Å². The highest BCUT2D eigenvalue weighted by Gasteiger charge is 2.24. The van der Waals surface area contributed by atoms with Gasteiger partial charge in [0.05, 0.1) is 0 Å². The molecule has 0 radical (unpaired) electrons. The monoisotopic (exact) mass is 349 g/mol. The van der Waals surface area contributed by atoms with Crippen LogP contribution in [0.3, 0.4) is 0 Å². The molecule has 6 heteroatoms. The second-order valence-electron chi connectivity index (χ2n) is 6.12. The van der Waals surface area contributed by atoms with E-state index in [0.29, 0.717) is 6.04 Å². The van der Waals surface area contributed by atoms with Crippen LogP contribution in [0.25, 0.3) is 0 Å². The Hall–Kier alpha value is -1.43. The standard InChI is InChI=1S/C18H31N5S/c1-3-19-18(23-15-9-10-16(14-15)24-2)22-13-7-6-12-21-17-8-4-5-11-20-17/h4-5,8,11,15-16H,3,6-7,9-10,12-14H2,1-2H3,(H,20,21)(H2,19,22,23). The highest BCUT2D eigenvalue weighted by Crippen LogP contribution is 2.27. The third-order valence-corrected chi connectivity index (χ3v) is 5.32. The van der Waals surface area contributed by atoms with Crippen molar-refractivity contribution in [3.05, 3.63) is 24.4 Å². The second kappa shape index (κ2) is 11.2. The Balaban J connectivity index is 1.63. The number of aromatic nitrogens is 1. The molecule has 1 aliphatic rings. The fourth-order valence-electron chi connectivity index (χ4n) is 2.91. The van der Waals surface area contributed by atoms with Gasteiger partial charge in [0.25, 0.3) is 0 Å². The van der Waals surface area contributed by atoms with E-state index in [0.717, 1.165) is 49.5 Å². The van der Waals surface area contributed by atoms with Gasteiger partial charge in [0.2, 0.25) is 0 Å². The highest BCUT2D eigenvalue weighted by molar-refractivity contribution is 7.99. The third kappa shape index (κ3) is 6.99. The van der Waals surface area contributed by atoms with Crippen molar-refractivity contribution in [2.75, 3.05) is 31.2 Å². The topological polar surface area (TPSA) is 61.3 Å². The number of anilines is 1. The first-order valence-corrected chi connectivity index (χ1v) is 10.3. The first-order chi connectivity index (χ1) is 11.8. The van der Waals surface area contributed by atoms with Crippen molar-refractivity contribution >= 4 is 23.5 Å². The summed E-state index contributed by atoms with van der Waals surface area (Å²) in [4.78, 5) is 8.98. The minimum atomic E-state index is 0.575. The van der Waals surface area contributed by atoms with Gasteiger partial charge in [0, 0.05) is 37.1 Å². The van der Waals surface area contributed by atoms with Crippen LogP contribution in [-0.2, 0) is 0 Å². The third-order valence-electron chi connectivity index (χ3n) is 4.23. The van der Waals surface area contributed by atoms with E-state index in [9.17, 15) is 0 Å². The van der Waals surface area contributed by atoms with E-state index in [-0.39, 0.29) is 0 Å². The molecule has 1 aromatic heterocycles. The molecule has 134 valence electrons. The number of nitrogens with one attached hydrogen (secondary N) is 3. The molecule has 1 aromatic rings. The van der Waals surface area contributed by atoms with Gasteiger partial charge in [-0.1, -0.05) is 6.07 Å². The van der Waals surface area contributed by atoms with E-state index in [2.05, 4.69) is 34.1 Å². The first kappa shape index (κ1) is 18.9. The Kier molecular flexibility index (Phi) is 8.81. The zero-order valence-corrected chi connectivity index (χ0v) is 15.7. The number of guanidine groups is 1. The van der Waals surface area contributed by atoms with Crippen LogP contribution in [0.2, 0.25) is 0 Å². The maximum Gasteiger partial charge on any atom is 0.191 e. The van der Waals surface area contributed by atoms with Gasteiger partial charge in [-0.25, -0.2) is 4.98 Å². The van der Waals surface area contributed by atoms with Gasteiger partial charge in [0.1, 0.15) is 5.82 Å². The lowest BCUT2D eigenvalue weighted by molar-refractivity contribution is 0.613. The largest absolute Gasteiger partial charge is 0.370 e. The molecule has 0 amide bonds. The van der Waals surface area contributed by atoms with Crippen LogP contribution in [0.5, 0.6) is 0 Å². The zero-order valence-electron chi connectivity index (χ0n) is 14.9. The van der Waals surface area contributed by atoms with Crippen LogP contribution in [0.4, 0.5) is 5.82 Å². The second-order valence-corrected chi connectivity index (χ2v) is 7.26. The summed E-state index contributed by atoms with van der Waals surface area (Å²) in [5, 5.41) is 11.1. The number of aliphatic imine (C=N–C) groups is 1. The molecular weight excluding hydrogens is 318 g/mol. The molecular formula is C18H31N5S. The van der Waals surface area contributed by atoms with E-state index in [1.807, 2.05) is 36.2 Å². The van der Waals surface area contributed by atoms with Crippen LogP contribution in [0.15, 0.2) is 29.4 Å². The lowest BCUT2D eigenvalue weighted by atomic mass is 10.2. The summed E-state index contributed by atoms with van der Waals surface area (Å²) in [6.45, 7) is 4.82. The van der Waals surface area contributed by atoms with E-state index < -0.39 is 0 Å². The zero-order chi connectivity index (χ0) is 17.0. The quantitative estimate of drug-likeness (QED) is 0.363. The predicted molar refractivity (Wildman–Crippen MR) is 106 cm³/mol. The average Bonchev–Trinajstić information content (AvgIpc) is 3.06. The van der Waals surface area contributed by atoms with Crippen molar-refractivity contribution in [1.82, 2.24) is 15.6 Å². The Morgan fingerprint density at radius 2 is 2.25 bits per heavy atom. The summed E-state index contributed by atoms with van der Waals surface area (Å²) >= 11 is 1.99. The number of rotatable bonds is 9. The van der Waals surface area contributed by atoms with E-state index in [4.69, 9.17) is 4.99 Å². The van der Waals surface area contributed by atoms with Crippen molar-refractivity contribution in [3.8, 4) is 0 Å². The molecule has 2 unspecified atom stereocenters. The van der Waals surface area contributed by atoms with Crippen molar-refractivity contribution in [2.45, 2.75) is 50.3 Å². The molecule has 2 rings (SSSR count). The average molecular weight is 350 g/mol. The number of nitrogens with zero attached hydrogens (tertiary/aromatic N) is 2. The maximum absolute atomic E-state index is 4.72. The molecule has 1 fully saturated rings. The van der Waals surface area contributed by atoms with Gasteiger partial charge in [0.15, 0.2) is 5.96 Å². The van der Waals surface area contributed by atoms with Gasteiger partial charge in [-0.15, -0.1) is 0 Å². The minimum Gasteiger partial charge on any atom is -0.370 e. The molecule has 0 aliphatic heterocycles. The smallest absolute Gasteiger partial charge is 0.191 e. The molecule has 0 saturated heterocycles. The van der Waals surface area contributed by atoms with Gasteiger partial charge < -0.3 is 16.0 Å². The maximum atomic E-state index is 4.72. The molecule has 0 bridgehead atoms. The highest BCUT2D eigenvalue weighted by atomic mass is 32.2.